The molecule has 3 N–H and O–H groups in total. The first-order valence-electron chi connectivity index (χ1n) is 6.63. The standard InChI is InChI=1S/C14H24N2/c1-3-11(2)16-14(10-15)8-4-5-13(9-14)12-6-7-12/h1,11-13,16H,4-10,15H2,2H3. The molecular weight excluding hydrogens is 196 g/mol. The van der Waals surface area contributed by atoms with Crippen molar-refractivity contribution in [3.8, 4) is 12.3 Å². The summed E-state index contributed by atoms with van der Waals surface area (Å²) in [6.45, 7) is 2.78. The summed E-state index contributed by atoms with van der Waals surface area (Å²) in [6.07, 6.45) is 13.5. The molecule has 0 amide bonds. The second-order valence-electron chi connectivity index (χ2n) is 5.71. The van der Waals surface area contributed by atoms with Gasteiger partial charge in [0.25, 0.3) is 0 Å². The van der Waals surface area contributed by atoms with Gasteiger partial charge in [0.2, 0.25) is 0 Å². The van der Waals surface area contributed by atoms with Crippen LogP contribution in [0.1, 0.15) is 45.4 Å². The summed E-state index contributed by atoms with van der Waals surface area (Å²) in [5.74, 6) is 4.66. The molecule has 0 spiro atoms. The van der Waals surface area contributed by atoms with E-state index in [-0.39, 0.29) is 11.6 Å². The third-order valence-corrected chi connectivity index (χ3v) is 4.34. The normalized spacial score (nSPS) is 36.7. The van der Waals surface area contributed by atoms with Crippen LogP contribution in [0.4, 0.5) is 0 Å². The van der Waals surface area contributed by atoms with E-state index in [0.29, 0.717) is 0 Å². The predicted molar refractivity (Wildman–Crippen MR) is 67.9 cm³/mol. The minimum atomic E-state index is 0.122. The lowest BCUT2D eigenvalue weighted by Gasteiger charge is -2.42. The zero-order chi connectivity index (χ0) is 11.6. The minimum absolute atomic E-state index is 0.122. The Morgan fingerprint density at radius 3 is 2.75 bits per heavy atom. The second kappa shape index (κ2) is 4.77. The van der Waals surface area contributed by atoms with Gasteiger partial charge in [-0.15, -0.1) is 6.42 Å². The number of rotatable bonds is 4. The van der Waals surface area contributed by atoms with E-state index in [2.05, 4.69) is 18.2 Å². The molecule has 0 aliphatic heterocycles. The Labute approximate surface area is 99.4 Å². The van der Waals surface area contributed by atoms with Gasteiger partial charge in [0, 0.05) is 12.1 Å². The van der Waals surface area contributed by atoms with Crippen molar-refractivity contribution in [2.75, 3.05) is 6.54 Å². The molecule has 2 aliphatic carbocycles. The lowest BCUT2D eigenvalue weighted by molar-refractivity contribution is 0.165. The van der Waals surface area contributed by atoms with Gasteiger partial charge in [-0.25, -0.2) is 0 Å². The fourth-order valence-electron chi connectivity index (χ4n) is 3.26. The van der Waals surface area contributed by atoms with E-state index in [4.69, 9.17) is 12.2 Å². The SMILES string of the molecule is C#CC(C)NC1(CN)CCCC(C2CC2)C1. The average molecular weight is 220 g/mol. The van der Waals surface area contributed by atoms with E-state index in [9.17, 15) is 0 Å². The van der Waals surface area contributed by atoms with Crippen LogP contribution in [0.25, 0.3) is 0 Å². The molecule has 2 fully saturated rings. The first-order chi connectivity index (χ1) is 7.69. The van der Waals surface area contributed by atoms with Gasteiger partial charge in [0.05, 0.1) is 6.04 Å². The summed E-state index contributed by atoms with van der Waals surface area (Å²) in [6, 6.07) is 0.140. The van der Waals surface area contributed by atoms with Crippen molar-refractivity contribution in [1.82, 2.24) is 5.32 Å². The molecule has 0 radical (unpaired) electrons. The van der Waals surface area contributed by atoms with Crippen molar-refractivity contribution in [3.63, 3.8) is 0 Å². The number of terminal acetylenes is 1. The van der Waals surface area contributed by atoms with Crippen LogP contribution >= 0.6 is 0 Å². The van der Waals surface area contributed by atoms with E-state index < -0.39 is 0 Å². The Morgan fingerprint density at radius 2 is 2.19 bits per heavy atom. The monoisotopic (exact) mass is 220 g/mol. The molecule has 0 heterocycles. The molecule has 2 rings (SSSR count). The number of nitrogens with one attached hydrogen (secondary N) is 1. The summed E-state index contributed by atoms with van der Waals surface area (Å²) in [4.78, 5) is 0. The van der Waals surface area contributed by atoms with Crippen LogP contribution in [-0.4, -0.2) is 18.1 Å². The Bertz CT molecular complexity index is 277. The predicted octanol–water partition coefficient (Wildman–Crippen LogP) is 1.90. The highest BCUT2D eigenvalue weighted by Gasteiger charge is 2.41. The van der Waals surface area contributed by atoms with Crippen molar-refractivity contribution in [2.24, 2.45) is 17.6 Å². The summed E-state index contributed by atoms with van der Waals surface area (Å²) in [7, 11) is 0. The quantitative estimate of drug-likeness (QED) is 0.710. The average Bonchev–Trinajstić information content (AvgIpc) is 3.13. The third-order valence-electron chi connectivity index (χ3n) is 4.34. The summed E-state index contributed by atoms with van der Waals surface area (Å²) in [5.41, 5.74) is 6.12. The molecule has 2 saturated carbocycles. The highest BCUT2D eigenvalue weighted by atomic mass is 15.0. The van der Waals surface area contributed by atoms with Crippen molar-refractivity contribution >= 4 is 0 Å². The molecule has 0 aromatic rings. The fourth-order valence-corrected chi connectivity index (χ4v) is 3.26. The molecule has 2 aliphatic rings. The molecule has 3 unspecified atom stereocenters. The van der Waals surface area contributed by atoms with Crippen molar-refractivity contribution in [2.45, 2.75) is 57.0 Å². The molecule has 0 saturated heterocycles. The first kappa shape index (κ1) is 12.0. The van der Waals surface area contributed by atoms with Crippen molar-refractivity contribution < 1.29 is 0 Å². The van der Waals surface area contributed by atoms with Crippen molar-refractivity contribution in [3.05, 3.63) is 0 Å². The Kier molecular flexibility index (Phi) is 3.56. The molecule has 3 atom stereocenters. The van der Waals surface area contributed by atoms with E-state index >= 15 is 0 Å². The zero-order valence-corrected chi connectivity index (χ0v) is 10.3. The summed E-state index contributed by atoms with van der Waals surface area (Å²) < 4.78 is 0. The zero-order valence-electron chi connectivity index (χ0n) is 10.3. The third kappa shape index (κ3) is 2.59. The van der Waals surface area contributed by atoms with Gasteiger partial charge in [-0.05, 0) is 44.4 Å². The van der Waals surface area contributed by atoms with Crippen LogP contribution in [0.15, 0.2) is 0 Å². The van der Waals surface area contributed by atoms with E-state index in [1.807, 2.05) is 0 Å². The maximum Gasteiger partial charge on any atom is 0.0663 e. The molecule has 2 nitrogen and oxygen atoms in total. The number of hydrogen-bond donors (Lipinski definition) is 2. The lowest BCUT2D eigenvalue weighted by atomic mass is 9.73. The second-order valence-corrected chi connectivity index (χ2v) is 5.71. The van der Waals surface area contributed by atoms with Crippen LogP contribution in [-0.2, 0) is 0 Å². The Morgan fingerprint density at radius 1 is 1.44 bits per heavy atom. The van der Waals surface area contributed by atoms with Gasteiger partial charge in [-0.1, -0.05) is 18.8 Å². The number of hydrogen-bond acceptors (Lipinski definition) is 2. The molecule has 0 aromatic heterocycles. The molecule has 0 bridgehead atoms. The van der Waals surface area contributed by atoms with E-state index in [1.54, 1.807) is 0 Å². The largest absolute Gasteiger partial charge is 0.329 e. The number of nitrogens with two attached hydrogens (primary N) is 1. The fraction of sp³-hybridized carbons (Fsp3) is 0.857. The smallest absolute Gasteiger partial charge is 0.0663 e. The van der Waals surface area contributed by atoms with Crippen LogP contribution in [0, 0.1) is 24.2 Å². The Hall–Kier alpha value is -0.520. The van der Waals surface area contributed by atoms with Crippen LogP contribution in [0.5, 0.6) is 0 Å². The molecular formula is C14H24N2. The van der Waals surface area contributed by atoms with Crippen LogP contribution in [0.2, 0.25) is 0 Å². The van der Waals surface area contributed by atoms with Gasteiger partial charge in [-0.2, -0.15) is 0 Å². The summed E-state index contributed by atoms with van der Waals surface area (Å²) >= 11 is 0. The van der Waals surface area contributed by atoms with Gasteiger partial charge in [0.1, 0.15) is 0 Å². The highest BCUT2D eigenvalue weighted by Crippen LogP contribution is 2.46. The lowest BCUT2D eigenvalue weighted by Crippen LogP contribution is -2.56. The van der Waals surface area contributed by atoms with Crippen molar-refractivity contribution in [1.29, 1.82) is 0 Å². The van der Waals surface area contributed by atoms with Crippen LogP contribution < -0.4 is 11.1 Å². The Balaban J connectivity index is 1.98. The molecule has 0 aromatic carbocycles. The minimum Gasteiger partial charge on any atom is -0.329 e. The topological polar surface area (TPSA) is 38.0 Å². The van der Waals surface area contributed by atoms with Gasteiger partial charge in [0.15, 0.2) is 0 Å². The maximum absolute atomic E-state index is 5.99. The van der Waals surface area contributed by atoms with Gasteiger partial charge >= 0.3 is 0 Å². The molecule has 16 heavy (non-hydrogen) atoms. The highest BCUT2D eigenvalue weighted by molar-refractivity contribution is 5.05. The molecule has 90 valence electrons. The van der Waals surface area contributed by atoms with E-state index in [0.717, 1.165) is 18.4 Å². The first-order valence-corrected chi connectivity index (χ1v) is 6.63. The maximum atomic E-state index is 5.99. The van der Waals surface area contributed by atoms with Crippen LogP contribution in [0.3, 0.4) is 0 Å². The summed E-state index contributed by atoms with van der Waals surface area (Å²) in [5, 5.41) is 3.58. The van der Waals surface area contributed by atoms with Gasteiger partial charge in [-0.3, -0.25) is 5.32 Å². The van der Waals surface area contributed by atoms with E-state index in [1.165, 1.54) is 38.5 Å². The molecule has 2 heteroatoms. The van der Waals surface area contributed by atoms with Gasteiger partial charge < -0.3 is 5.73 Å².